The Bertz CT molecular complexity index is 1180. The van der Waals surface area contributed by atoms with Crippen LogP contribution < -0.4 is 10.6 Å². The highest BCUT2D eigenvalue weighted by atomic mass is 79.9. The maximum absolute atomic E-state index is 12.1. The molecule has 0 aliphatic carbocycles. The van der Waals surface area contributed by atoms with E-state index in [-0.39, 0.29) is 5.91 Å². The van der Waals surface area contributed by atoms with Gasteiger partial charge in [0.15, 0.2) is 5.65 Å². The predicted molar refractivity (Wildman–Crippen MR) is 123 cm³/mol. The molecule has 0 aliphatic rings. The van der Waals surface area contributed by atoms with E-state index in [0.29, 0.717) is 30.2 Å². The van der Waals surface area contributed by atoms with Crippen molar-refractivity contribution in [2.45, 2.75) is 6.42 Å². The minimum Gasteiger partial charge on any atom is -0.368 e. The quantitative estimate of drug-likeness (QED) is 0.377. The summed E-state index contributed by atoms with van der Waals surface area (Å²) in [6.07, 6.45) is 2.06. The van der Waals surface area contributed by atoms with Crippen LogP contribution >= 0.6 is 27.5 Å². The van der Waals surface area contributed by atoms with Crippen LogP contribution in [0, 0.1) is 0 Å². The van der Waals surface area contributed by atoms with Crippen molar-refractivity contribution in [3.8, 4) is 11.3 Å². The summed E-state index contributed by atoms with van der Waals surface area (Å²) in [7, 11) is 0. The van der Waals surface area contributed by atoms with Crippen LogP contribution in [-0.2, 0) is 11.2 Å². The van der Waals surface area contributed by atoms with Gasteiger partial charge in [0.2, 0.25) is 5.91 Å². The van der Waals surface area contributed by atoms with Gasteiger partial charge in [-0.05, 0) is 27.6 Å². The number of carbonyl (C=O) groups is 1. The zero-order valence-corrected chi connectivity index (χ0v) is 18.3. The van der Waals surface area contributed by atoms with Crippen LogP contribution in [0.2, 0.25) is 5.02 Å². The van der Waals surface area contributed by atoms with E-state index in [2.05, 4.69) is 36.6 Å². The molecule has 0 spiro atoms. The molecule has 8 heteroatoms. The van der Waals surface area contributed by atoms with Gasteiger partial charge in [-0.2, -0.15) is 9.61 Å². The Kier molecular flexibility index (Phi) is 6.30. The molecule has 30 heavy (non-hydrogen) atoms. The van der Waals surface area contributed by atoms with Crippen LogP contribution in [-0.4, -0.2) is 33.6 Å². The maximum Gasteiger partial charge on any atom is 0.224 e. The first-order valence-corrected chi connectivity index (χ1v) is 10.6. The molecule has 0 saturated heterocycles. The van der Waals surface area contributed by atoms with E-state index in [4.69, 9.17) is 11.6 Å². The Morgan fingerprint density at radius 1 is 1.07 bits per heavy atom. The molecule has 1 amide bonds. The Morgan fingerprint density at radius 3 is 2.63 bits per heavy atom. The zero-order valence-electron chi connectivity index (χ0n) is 16.0. The molecule has 0 fully saturated rings. The van der Waals surface area contributed by atoms with E-state index in [1.807, 2.05) is 60.7 Å². The van der Waals surface area contributed by atoms with Gasteiger partial charge in [-0.15, -0.1) is 0 Å². The molecule has 0 aliphatic heterocycles. The van der Waals surface area contributed by atoms with Crippen molar-refractivity contribution in [3.63, 3.8) is 0 Å². The predicted octanol–water partition coefficient (Wildman–Crippen LogP) is 4.58. The van der Waals surface area contributed by atoms with Crippen LogP contribution in [0.1, 0.15) is 5.56 Å². The maximum atomic E-state index is 12.1. The Balaban J connectivity index is 1.46. The molecule has 0 saturated carbocycles. The summed E-state index contributed by atoms with van der Waals surface area (Å²) in [6, 6.07) is 19.2. The third-order valence-electron chi connectivity index (χ3n) is 4.54. The van der Waals surface area contributed by atoms with Crippen molar-refractivity contribution < 1.29 is 4.79 Å². The molecule has 0 bridgehead atoms. The number of carbonyl (C=O) groups excluding carboxylic acids is 1. The second kappa shape index (κ2) is 9.28. The number of rotatable bonds is 7. The van der Waals surface area contributed by atoms with Gasteiger partial charge in [0.1, 0.15) is 5.82 Å². The standard InChI is InChI=1S/C22H19BrClN5O/c23-17-14-27-29-20(13-19(28-22(17)29)16-8-4-5-9-18(16)24)25-10-11-26-21(30)12-15-6-2-1-3-7-15/h1-9,13-14,25H,10-12H2,(H,26,30). The highest BCUT2D eigenvalue weighted by molar-refractivity contribution is 9.10. The highest BCUT2D eigenvalue weighted by Gasteiger charge is 2.13. The Hall–Kier alpha value is -2.90. The molecule has 6 nitrogen and oxygen atoms in total. The number of nitrogens with zero attached hydrogens (tertiary/aromatic N) is 3. The first-order chi connectivity index (χ1) is 14.6. The van der Waals surface area contributed by atoms with Crippen LogP contribution in [0.3, 0.4) is 0 Å². The number of hydrogen-bond acceptors (Lipinski definition) is 4. The molecule has 4 rings (SSSR count). The van der Waals surface area contributed by atoms with E-state index in [1.54, 1.807) is 10.7 Å². The van der Waals surface area contributed by atoms with E-state index in [9.17, 15) is 4.79 Å². The third kappa shape index (κ3) is 4.63. The first-order valence-electron chi connectivity index (χ1n) is 9.45. The van der Waals surface area contributed by atoms with Crippen molar-refractivity contribution in [3.05, 3.63) is 81.9 Å². The Labute approximate surface area is 187 Å². The number of benzene rings is 2. The van der Waals surface area contributed by atoms with Gasteiger partial charge in [0.05, 0.1) is 22.8 Å². The Morgan fingerprint density at radius 2 is 1.83 bits per heavy atom. The number of hydrogen-bond donors (Lipinski definition) is 2. The smallest absolute Gasteiger partial charge is 0.224 e. The fraction of sp³-hybridized carbons (Fsp3) is 0.136. The van der Waals surface area contributed by atoms with E-state index >= 15 is 0 Å². The van der Waals surface area contributed by atoms with Crippen molar-refractivity contribution in [1.82, 2.24) is 19.9 Å². The lowest BCUT2D eigenvalue weighted by atomic mass is 10.1. The molecule has 2 heterocycles. The van der Waals surface area contributed by atoms with Crippen LogP contribution in [0.25, 0.3) is 16.9 Å². The molecular formula is C22H19BrClN5O. The molecule has 0 radical (unpaired) electrons. The molecule has 152 valence electrons. The number of amides is 1. The third-order valence-corrected chi connectivity index (χ3v) is 5.43. The lowest BCUT2D eigenvalue weighted by molar-refractivity contribution is -0.120. The molecule has 0 unspecified atom stereocenters. The number of anilines is 1. The molecule has 0 atom stereocenters. The zero-order chi connectivity index (χ0) is 20.9. The lowest BCUT2D eigenvalue weighted by Gasteiger charge is -2.12. The van der Waals surface area contributed by atoms with Gasteiger partial charge in [-0.3, -0.25) is 4.79 Å². The van der Waals surface area contributed by atoms with Crippen LogP contribution in [0.5, 0.6) is 0 Å². The number of nitrogens with one attached hydrogen (secondary N) is 2. The van der Waals surface area contributed by atoms with Gasteiger partial charge in [0.25, 0.3) is 0 Å². The van der Waals surface area contributed by atoms with Crippen molar-refractivity contribution in [2.75, 3.05) is 18.4 Å². The van der Waals surface area contributed by atoms with Crippen molar-refractivity contribution in [2.24, 2.45) is 0 Å². The van der Waals surface area contributed by atoms with Crippen molar-refractivity contribution >= 4 is 44.9 Å². The fourth-order valence-corrected chi connectivity index (χ4v) is 3.69. The molecular weight excluding hydrogens is 466 g/mol. The van der Waals surface area contributed by atoms with Gasteiger partial charge >= 0.3 is 0 Å². The SMILES string of the molecule is O=C(Cc1ccccc1)NCCNc1cc(-c2ccccc2Cl)nc2c(Br)cnn12. The van der Waals surface area contributed by atoms with Gasteiger partial charge in [-0.1, -0.05) is 60.1 Å². The summed E-state index contributed by atoms with van der Waals surface area (Å²) in [5.41, 5.74) is 3.26. The second-order valence-electron chi connectivity index (χ2n) is 6.67. The first kappa shape index (κ1) is 20.4. The van der Waals surface area contributed by atoms with E-state index in [0.717, 1.165) is 27.1 Å². The number of halogens is 2. The topological polar surface area (TPSA) is 71.3 Å². The summed E-state index contributed by atoms with van der Waals surface area (Å²) in [5, 5.41) is 11.3. The minimum atomic E-state index is -0.0125. The average Bonchev–Trinajstić information content (AvgIpc) is 3.13. The van der Waals surface area contributed by atoms with E-state index < -0.39 is 0 Å². The minimum absolute atomic E-state index is 0.0125. The summed E-state index contributed by atoms with van der Waals surface area (Å²) < 4.78 is 2.51. The molecule has 2 N–H and O–H groups in total. The van der Waals surface area contributed by atoms with Gasteiger partial charge in [0, 0.05) is 29.7 Å². The van der Waals surface area contributed by atoms with Gasteiger partial charge < -0.3 is 10.6 Å². The summed E-state index contributed by atoms with van der Waals surface area (Å²) in [6.45, 7) is 1.03. The molecule has 2 aromatic carbocycles. The van der Waals surface area contributed by atoms with Gasteiger partial charge in [-0.25, -0.2) is 4.98 Å². The molecule has 2 aromatic heterocycles. The fourth-order valence-electron chi connectivity index (χ4n) is 3.11. The molecule has 4 aromatic rings. The van der Waals surface area contributed by atoms with Crippen molar-refractivity contribution in [1.29, 1.82) is 0 Å². The second-order valence-corrected chi connectivity index (χ2v) is 7.94. The van der Waals surface area contributed by atoms with Crippen LogP contribution in [0.15, 0.2) is 71.3 Å². The summed E-state index contributed by atoms with van der Waals surface area (Å²) in [5.74, 6) is 0.749. The largest absolute Gasteiger partial charge is 0.368 e. The lowest BCUT2D eigenvalue weighted by Crippen LogP contribution is -2.30. The monoisotopic (exact) mass is 483 g/mol. The van der Waals surface area contributed by atoms with Crippen LogP contribution in [0.4, 0.5) is 5.82 Å². The summed E-state index contributed by atoms with van der Waals surface area (Å²) >= 11 is 9.86. The number of fused-ring (bicyclic) bond motifs is 1. The summed E-state index contributed by atoms with van der Waals surface area (Å²) in [4.78, 5) is 16.8. The normalized spacial score (nSPS) is 10.9. The van der Waals surface area contributed by atoms with E-state index in [1.165, 1.54) is 0 Å². The highest BCUT2D eigenvalue weighted by Crippen LogP contribution is 2.30. The number of aromatic nitrogens is 3. The average molecular weight is 485 g/mol.